The third-order valence-corrected chi connectivity index (χ3v) is 5.17. The molecule has 0 saturated carbocycles. The Morgan fingerprint density at radius 1 is 1.29 bits per heavy atom. The smallest absolute Gasteiger partial charge is 0.238 e. The van der Waals surface area contributed by atoms with Crippen LogP contribution in [0.4, 0.5) is 0 Å². The van der Waals surface area contributed by atoms with Gasteiger partial charge in [-0.3, -0.25) is 4.79 Å². The van der Waals surface area contributed by atoms with E-state index in [0.717, 1.165) is 0 Å². The van der Waals surface area contributed by atoms with Gasteiger partial charge in [-0.25, -0.2) is 8.42 Å². The Hall–Kier alpha value is -0.620. The fraction of sp³-hybridized carbons (Fsp3) is 0.909. The number of hydrogen-bond donors (Lipinski definition) is 1. The van der Waals surface area contributed by atoms with E-state index in [1.54, 1.807) is 41.8 Å². The molecule has 0 heterocycles. The van der Waals surface area contributed by atoms with Crippen LogP contribution in [0.2, 0.25) is 0 Å². The molecule has 17 heavy (non-hydrogen) atoms. The quantitative estimate of drug-likeness (QED) is 0.774. The summed E-state index contributed by atoms with van der Waals surface area (Å²) in [7, 11) is 0.219. The van der Waals surface area contributed by atoms with Crippen LogP contribution in [0.15, 0.2) is 0 Å². The number of carbonyl (C=O) groups excluding carboxylic acids is 1. The third-order valence-electron chi connectivity index (χ3n) is 2.57. The van der Waals surface area contributed by atoms with Crippen LogP contribution in [0.1, 0.15) is 27.7 Å². The second-order valence-electron chi connectivity index (χ2n) is 5.34. The van der Waals surface area contributed by atoms with E-state index in [1.807, 2.05) is 0 Å². The van der Waals surface area contributed by atoms with Crippen molar-refractivity contribution in [3.05, 3.63) is 0 Å². The maximum Gasteiger partial charge on any atom is 0.238 e. The van der Waals surface area contributed by atoms with Crippen LogP contribution in [0.3, 0.4) is 0 Å². The Labute approximate surface area is 104 Å². The molecule has 0 rings (SSSR count). The second-order valence-corrected chi connectivity index (χ2v) is 8.20. The maximum absolute atomic E-state index is 11.8. The van der Waals surface area contributed by atoms with E-state index in [1.165, 1.54) is 4.90 Å². The Balaban J connectivity index is 4.23. The summed E-state index contributed by atoms with van der Waals surface area (Å²) in [5.41, 5.74) is 0. The van der Waals surface area contributed by atoms with Gasteiger partial charge in [-0.15, -0.1) is 0 Å². The van der Waals surface area contributed by atoms with Crippen molar-refractivity contribution in [1.29, 1.82) is 0 Å². The summed E-state index contributed by atoms with van der Waals surface area (Å²) in [6.45, 7) is 7.05. The van der Waals surface area contributed by atoms with Crippen LogP contribution in [0.25, 0.3) is 0 Å². The van der Waals surface area contributed by atoms with Gasteiger partial charge in [-0.05, 0) is 27.7 Å². The van der Waals surface area contributed by atoms with Crippen molar-refractivity contribution in [3.8, 4) is 0 Å². The number of amides is 1. The van der Waals surface area contributed by atoms with E-state index in [4.69, 9.17) is 0 Å². The van der Waals surface area contributed by atoms with Crippen LogP contribution in [-0.2, 0) is 14.6 Å². The van der Waals surface area contributed by atoms with Gasteiger partial charge in [0, 0.05) is 20.6 Å². The van der Waals surface area contributed by atoms with Crippen molar-refractivity contribution in [2.45, 2.75) is 38.5 Å². The van der Waals surface area contributed by atoms with Crippen molar-refractivity contribution in [1.82, 2.24) is 10.2 Å². The summed E-state index contributed by atoms with van der Waals surface area (Å²) < 4.78 is 22.9. The topological polar surface area (TPSA) is 66.5 Å². The number of nitrogens with zero attached hydrogens (tertiary/aromatic N) is 1. The highest BCUT2D eigenvalue weighted by molar-refractivity contribution is 7.92. The largest absolute Gasteiger partial charge is 0.347 e. The summed E-state index contributed by atoms with van der Waals surface area (Å²) in [6.07, 6.45) is 0. The van der Waals surface area contributed by atoms with Gasteiger partial charge in [0.05, 0.1) is 16.5 Å². The van der Waals surface area contributed by atoms with Gasteiger partial charge in [0.25, 0.3) is 0 Å². The standard InChI is InChI=1S/C11H24N2O3S/c1-9(10(14)13(5)6)12-7-8-17(15,16)11(2,3)4/h9,12H,7-8H2,1-6H3. The molecule has 1 atom stereocenters. The average Bonchev–Trinajstić information content (AvgIpc) is 2.14. The Morgan fingerprint density at radius 2 is 1.76 bits per heavy atom. The molecule has 0 aromatic rings. The van der Waals surface area contributed by atoms with Crippen LogP contribution in [0, 0.1) is 0 Å². The van der Waals surface area contributed by atoms with Crippen molar-refractivity contribution in [2.75, 3.05) is 26.4 Å². The molecule has 0 aromatic carbocycles. The molecule has 0 fully saturated rings. The van der Waals surface area contributed by atoms with Crippen molar-refractivity contribution in [3.63, 3.8) is 0 Å². The van der Waals surface area contributed by atoms with Gasteiger partial charge in [-0.2, -0.15) is 0 Å². The highest BCUT2D eigenvalue weighted by Gasteiger charge is 2.28. The first-order chi connectivity index (χ1) is 7.49. The summed E-state index contributed by atoms with van der Waals surface area (Å²) in [6, 6.07) is -0.361. The molecule has 0 spiro atoms. The van der Waals surface area contributed by atoms with Gasteiger partial charge in [0.15, 0.2) is 9.84 Å². The summed E-state index contributed by atoms with van der Waals surface area (Å²) in [4.78, 5) is 13.0. The number of likely N-dealkylation sites (N-methyl/N-ethyl adjacent to an activating group) is 1. The zero-order valence-electron chi connectivity index (χ0n) is 11.6. The molecule has 0 aromatic heterocycles. The molecule has 0 radical (unpaired) electrons. The molecule has 1 unspecified atom stereocenters. The SMILES string of the molecule is CC(NCCS(=O)(=O)C(C)(C)C)C(=O)N(C)C. The van der Waals surface area contributed by atoms with Crippen molar-refractivity contribution in [2.24, 2.45) is 0 Å². The van der Waals surface area contributed by atoms with Crippen LogP contribution < -0.4 is 5.32 Å². The molecule has 0 saturated heterocycles. The van der Waals surface area contributed by atoms with Gasteiger partial charge >= 0.3 is 0 Å². The van der Waals surface area contributed by atoms with E-state index in [9.17, 15) is 13.2 Å². The zero-order chi connectivity index (χ0) is 13.9. The Morgan fingerprint density at radius 3 is 2.12 bits per heavy atom. The van der Waals surface area contributed by atoms with Crippen molar-refractivity contribution >= 4 is 15.7 Å². The lowest BCUT2D eigenvalue weighted by atomic mass is 10.3. The minimum Gasteiger partial charge on any atom is -0.347 e. The number of hydrogen-bond acceptors (Lipinski definition) is 4. The summed E-state index contributed by atoms with van der Waals surface area (Å²) in [5.74, 6) is -0.0141. The minimum atomic E-state index is -3.13. The molecule has 0 aliphatic heterocycles. The van der Waals surface area contributed by atoms with E-state index in [2.05, 4.69) is 5.32 Å². The molecule has 1 amide bonds. The van der Waals surface area contributed by atoms with Crippen molar-refractivity contribution < 1.29 is 13.2 Å². The van der Waals surface area contributed by atoms with E-state index >= 15 is 0 Å². The molecule has 6 heteroatoms. The summed E-state index contributed by atoms with van der Waals surface area (Å²) >= 11 is 0. The normalized spacial score (nSPS) is 14.5. The minimum absolute atomic E-state index is 0.0432. The van der Waals surface area contributed by atoms with Crippen LogP contribution in [-0.4, -0.2) is 56.4 Å². The molecule has 5 nitrogen and oxygen atoms in total. The Bertz CT molecular complexity index is 355. The fourth-order valence-electron chi connectivity index (χ4n) is 1.19. The zero-order valence-corrected chi connectivity index (χ0v) is 12.4. The van der Waals surface area contributed by atoms with E-state index in [-0.39, 0.29) is 17.7 Å². The fourth-order valence-corrected chi connectivity index (χ4v) is 2.19. The predicted octanol–water partition coefficient (Wildman–Crippen LogP) is 0.266. The number of nitrogens with one attached hydrogen (secondary N) is 1. The van der Waals surface area contributed by atoms with Crippen LogP contribution >= 0.6 is 0 Å². The average molecular weight is 264 g/mol. The van der Waals surface area contributed by atoms with Gasteiger partial charge in [0.2, 0.25) is 5.91 Å². The summed E-state index contributed by atoms with van der Waals surface area (Å²) in [5, 5.41) is 2.92. The number of sulfone groups is 1. The first-order valence-corrected chi connectivity index (χ1v) is 7.31. The molecule has 1 N–H and O–H groups in total. The van der Waals surface area contributed by atoms with Crippen LogP contribution in [0.5, 0.6) is 0 Å². The molecular weight excluding hydrogens is 240 g/mol. The monoisotopic (exact) mass is 264 g/mol. The molecule has 0 bridgehead atoms. The lowest BCUT2D eigenvalue weighted by Gasteiger charge is -2.21. The maximum atomic E-state index is 11.8. The highest BCUT2D eigenvalue weighted by atomic mass is 32.2. The predicted molar refractivity (Wildman–Crippen MR) is 69.7 cm³/mol. The molecule has 0 aliphatic rings. The first-order valence-electron chi connectivity index (χ1n) is 5.66. The van der Waals surface area contributed by atoms with Gasteiger partial charge in [0.1, 0.15) is 0 Å². The Kier molecular flexibility index (Phi) is 5.61. The van der Waals surface area contributed by atoms with E-state index in [0.29, 0.717) is 6.54 Å². The van der Waals surface area contributed by atoms with E-state index < -0.39 is 14.6 Å². The van der Waals surface area contributed by atoms with Gasteiger partial charge in [-0.1, -0.05) is 0 Å². The molecule has 102 valence electrons. The van der Waals surface area contributed by atoms with Gasteiger partial charge < -0.3 is 10.2 Å². The lowest BCUT2D eigenvalue weighted by molar-refractivity contribution is -0.130. The number of carbonyl (C=O) groups is 1. The first kappa shape index (κ1) is 16.4. The molecular formula is C11H24N2O3S. The highest BCUT2D eigenvalue weighted by Crippen LogP contribution is 2.15. The third kappa shape index (κ3) is 5.04. The molecule has 0 aliphatic carbocycles. The lowest BCUT2D eigenvalue weighted by Crippen LogP contribution is -2.44. The number of rotatable bonds is 5. The second kappa shape index (κ2) is 5.82.